The molecule has 2 N–H and O–H groups in total. The Labute approximate surface area is 138 Å². The summed E-state index contributed by atoms with van der Waals surface area (Å²) in [6.45, 7) is 11.4. The minimum absolute atomic E-state index is 0.140. The number of carbonyl (C=O) groups excluding carboxylic acids is 1. The van der Waals surface area contributed by atoms with Crippen LogP contribution in [0.15, 0.2) is 4.90 Å². The largest absolute Gasteiger partial charge is 0.336 e. The molecule has 1 aliphatic rings. The molecule has 0 radical (unpaired) electrons. The highest BCUT2D eigenvalue weighted by atomic mass is 32.2. The zero-order valence-corrected chi connectivity index (χ0v) is 15.2. The van der Waals surface area contributed by atoms with Gasteiger partial charge in [0.15, 0.2) is 0 Å². The highest BCUT2D eigenvalue weighted by Gasteiger charge is 2.24. The minimum atomic E-state index is -3.60. The lowest BCUT2D eigenvalue weighted by Gasteiger charge is -2.20. The van der Waals surface area contributed by atoms with E-state index >= 15 is 0 Å². The molecule has 128 valence electrons. The molecule has 6 nitrogen and oxygen atoms in total. The Hall–Kier alpha value is -1.60. The quantitative estimate of drug-likeness (QED) is 0.854. The van der Waals surface area contributed by atoms with Crippen molar-refractivity contribution in [3.8, 4) is 0 Å². The van der Waals surface area contributed by atoms with Gasteiger partial charge in [0.2, 0.25) is 10.0 Å². The molecule has 0 aromatic heterocycles. The second-order valence-corrected chi connectivity index (χ2v) is 7.77. The summed E-state index contributed by atoms with van der Waals surface area (Å²) in [6, 6.07) is -0.140. The molecular formula is C16H25N3O3S. The Bertz CT molecular complexity index is 712. The Morgan fingerprint density at radius 1 is 1.00 bits per heavy atom. The lowest BCUT2D eigenvalue weighted by atomic mass is 9.95. The fraction of sp³-hybridized carbons (Fsp3) is 0.562. The summed E-state index contributed by atoms with van der Waals surface area (Å²) in [6.07, 6.45) is 0. The van der Waals surface area contributed by atoms with Crippen molar-refractivity contribution in [3.05, 3.63) is 27.8 Å². The average Bonchev–Trinajstić information content (AvgIpc) is 2.88. The molecule has 0 unspecified atom stereocenters. The van der Waals surface area contributed by atoms with E-state index in [-0.39, 0.29) is 12.6 Å². The van der Waals surface area contributed by atoms with Crippen molar-refractivity contribution < 1.29 is 13.2 Å². The summed E-state index contributed by atoms with van der Waals surface area (Å²) in [7, 11) is -3.60. The van der Waals surface area contributed by atoms with Gasteiger partial charge in [-0.25, -0.2) is 17.9 Å². The molecule has 1 fully saturated rings. The van der Waals surface area contributed by atoms with Crippen LogP contribution in [0.25, 0.3) is 0 Å². The topological polar surface area (TPSA) is 78.5 Å². The monoisotopic (exact) mass is 339 g/mol. The maximum Gasteiger partial charge on any atom is 0.317 e. The molecule has 0 bridgehead atoms. The molecule has 1 aromatic carbocycles. The average molecular weight is 339 g/mol. The molecule has 2 rings (SSSR count). The Morgan fingerprint density at radius 3 is 2.00 bits per heavy atom. The SMILES string of the molecule is Cc1c(C)c(C)c(S(=O)(=O)NCCN2CCNC2=O)c(C)c1C. The first-order chi connectivity index (χ1) is 10.7. The van der Waals surface area contributed by atoms with Gasteiger partial charge < -0.3 is 10.2 Å². The van der Waals surface area contributed by atoms with Crippen molar-refractivity contribution in [2.24, 2.45) is 0 Å². The number of benzene rings is 1. The number of rotatable bonds is 5. The van der Waals surface area contributed by atoms with Gasteiger partial charge in [0.05, 0.1) is 4.90 Å². The van der Waals surface area contributed by atoms with Crippen molar-refractivity contribution in [1.29, 1.82) is 0 Å². The molecule has 7 heteroatoms. The summed E-state index contributed by atoms with van der Waals surface area (Å²) in [5.41, 5.74) is 4.72. The van der Waals surface area contributed by atoms with Crippen LogP contribution in [0.3, 0.4) is 0 Å². The number of nitrogens with zero attached hydrogens (tertiary/aromatic N) is 1. The Kier molecular flexibility index (Phi) is 5.01. The molecule has 23 heavy (non-hydrogen) atoms. The first kappa shape index (κ1) is 17.7. The summed E-state index contributed by atoms with van der Waals surface area (Å²) in [5.74, 6) is 0. The third kappa shape index (κ3) is 3.35. The Balaban J connectivity index is 2.21. The summed E-state index contributed by atoms with van der Waals surface area (Å²) >= 11 is 0. The molecule has 1 aliphatic heterocycles. The van der Waals surface area contributed by atoms with E-state index in [1.807, 2.05) is 34.6 Å². The standard InChI is InChI=1S/C16H25N3O3S/c1-10-11(2)13(4)15(14(5)12(10)3)23(21,22)18-7-9-19-8-6-17-16(19)20/h18H,6-9H2,1-5H3,(H,17,20). The smallest absolute Gasteiger partial charge is 0.317 e. The van der Waals surface area contributed by atoms with Gasteiger partial charge in [-0.3, -0.25) is 0 Å². The van der Waals surface area contributed by atoms with Gasteiger partial charge >= 0.3 is 6.03 Å². The molecule has 0 spiro atoms. The molecule has 0 atom stereocenters. The van der Waals surface area contributed by atoms with Crippen molar-refractivity contribution in [1.82, 2.24) is 14.9 Å². The van der Waals surface area contributed by atoms with E-state index < -0.39 is 10.0 Å². The van der Waals surface area contributed by atoms with Gasteiger partial charge in [0.1, 0.15) is 0 Å². The van der Waals surface area contributed by atoms with Gasteiger partial charge in [0, 0.05) is 26.2 Å². The number of sulfonamides is 1. The van der Waals surface area contributed by atoms with E-state index in [0.717, 1.165) is 27.8 Å². The fourth-order valence-corrected chi connectivity index (χ4v) is 4.60. The van der Waals surface area contributed by atoms with E-state index in [2.05, 4.69) is 10.0 Å². The van der Waals surface area contributed by atoms with Crippen molar-refractivity contribution in [2.45, 2.75) is 39.5 Å². The maximum absolute atomic E-state index is 12.7. The van der Waals surface area contributed by atoms with E-state index in [1.165, 1.54) is 0 Å². The molecule has 0 saturated carbocycles. The number of hydrogen-bond donors (Lipinski definition) is 2. The van der Waals surface area contributed by atoms with Gasteiger partial charge in [-0.1, -0.05) is 0 Å². The van der Waals surface area contributed by atoms with Crippen molar-refractivity contribution >= 4 is 16.1 Å². The minimum Gasteiger partial charge on any atom is -0.336 e. The maximum atomic E-state index is 12.7. The number of carbonyl (C=O) groups is 1. The van der Waals surface area contributed by atoms with Crippen molar-refractivity contribution in [3.63, 3.8) is 0 Å². The zero-order valence-electron chi connectivity index (χ0n) is 14.4. The van der Waals surface area contributed by atoms with Crippen LogP contribution in [-0.4, -0.2) is 45.5 Å². The zero-order chi connectivity index (χ0) is 17.4. The summed E-state index contributed by atoms with van der Waals surface area (Å²) in [5, 5.41) is 2.70. The summed E-state index contributed by atoms with van der Waals surface area (Å²) in [4.78, 5) is 13.4. The highest BCUT2D eigenvalue weighted by molar-refractivity contribution is 7.89. The van der Waals surface area contributed by atoms with Gasteiger partial charge in [-0.05, 0) is 62.4 Å². The molecular weight excluding hydrogens is 314 g/mol. The number of nitrogens with one attached hydrogen (secondary N) is 2. The second-order valence-electron chi connectivity index (χ2n) is 6.07. The van der Waals surface area contributed by atoms with Crippen LogP contribution in [-0.2, 0) is 10.0 Å². The normalized spacial score (nSPS) is 15.2. The van der Waals surface area contributed by atoms with E-state index in [9.17, 15) is 13.2 Å². The third-order valence-corrected chi connectivity index (χ3v) is 6.55. The van der Waals surface area contributed by atoms with Crippen LogP contribution in [0, 0.1) is 34.6 Å². The Morgan fingerprint density at radius 2 is 1.52 bits per heavy atom. The van der Waals surface area contributed by atoms with E-state index in [0.29, 0.717) is 24.5 Å². The van der Waals surface area contributed by atoms with Crippen LogP contribution in [0.4, 0.5) is 4.79 Å². The first-order valence-electron chi connectivity index (χ1n) is 7.76. The molecule has 0 aliphatic carbocycles. The number of hydrogen-bond acceptors (Lipinski definition) is 3. The predicted molar refractivity (Wildman–Crippen MR) is 90.3 cm³/mol. The van der Waals surface area contributed by atoms with E-state index in [4.69, 9.17) is 0 Å². The lowest BCUT2D eigenvalue weighted by molar-refractivity contribution is 0.218. The van der Waals surface area contributed by atoms with Crippen LogP contribution < -0.4 is 10.0 Å². The first-order valence-corrected chi connectivity index (χ1v) is 9.24. The van der Waals surface area contributed by atoms with Crippen LogP contribution in [0.1, 0.15) is 27.8 Å². The number of urea groups is 1. The van der Waals surface area contributed by atoms with Crippen LogP contribution in [0.5, 0.6) is 0 Å². The van der Waals surface area contributed by atoms with Crippen LogP contribution >= 0.6 is 0 Å². The van der Waals surface area contributed by atoms with Gasteiger partial charge in [0.25, 0.3) is 0 Å². The fourth-order valence-electron chi connectivity index (χ4n) is 2.98. The molecule has 1 aromatic rings. The molecule has 2 amide bonds. The predicted octanol–water partition coefficient (Wildman–Crippen LogP) is 1.53. The van der Waals surface area contributed by atoms with Crippen LogP contribution in [0.2, 0.25) is 0 Å². The lowest BCUT2D eigenvalue weighted by Crippen LogP contribution is -2.37. The van der Waals surface area contributed by atoms with Gasteiger partial charge in [-0.15, -0.1) is 0 Å². The second kappa shape index (κ2) is 6.49. The summed E-state index contributed by atoms with van der Waals surface area (Å²) < 4.78 is 28.1. The van der Waals surface area contributed by atoms with Gasteiger partial charge in [-0.2, -0.15) is 0 Å². The third-order valence-electron chi connectivity index (χ3n) is 4.82. The van der Waals surface area contributed by atoms with E-state index in [1.54, 1.807) is 4.90 Å². The van der Waals surface area contributed by atoms with Crippen molar-refractivity contribution in [2.75, 3.05) is 26.2 Å². The molecule has 1 saturated heterocycles. The number of amides is 2. The highest BCUT2D eigenvalue weighted by Crippen LogP contribution is 2.29. The molecule has 1 heterocycles.